The van der Waals surface area contributed by atoms with Crippen molar-refractivity contribution in [3.63, 3.8) is 0 Å². The SMILES string of the molecule is CCCNC(=O)O[C@@H](C1OC(F)(C(=O)OC)C(F)C2OOCNC21)[C@@H](COC(C)=O)OC(C)=O. The number of hydrogen-bond donors (Lipinski definition) is 2. The molecule has 2 rings (SSSR count). The molecule has 2 aliphatic rings. The van der Waals surface area contributed by atoms with E-state index >= 15 is 8.78 Å². The topological polar surface area (TPSA) is 157 Å². The minimum absolute atomic E-state index is 0.197. The number of esters is 3. The van der Waals surface area contributed by atoms with Crippen LogP contribution in [-0.4, -0.2) is 93.5 Å². The molecule has 15 heteroatoms. The van der Waals surface area contributed by atoms with E-state index in [1.807, 2.05) is 0 Å². The van der Waals surface area contributed by atoms with Gasteiger partial charge in [0.05, 0.1) is 13.2 Å². The standard InChI is InChI=1S/C19H28F2N2O11/c1-5-6-22-18(27)32-13(11(31-10(3)25)7-29-9(2)24)14-12-15(34-30-8-23-12)16(20)19(21,33-14)17(26)28-4/h11-16,23H,5-8H2,1-4H3,(H,22,27)/t11-,12?,13-,14?,15?,16?,19?/m1/s1. The van der Waals surface area contributed by atoms with Gasteiger partial charge in [-0.15, -0.1) is 0 Å². The van der Waals surface area contributed by atoms with Crippen molar-refractivity contribution < 1.29 is 61.4 Å². The summed E-state index contributed by atoms with van der Waals surface area (Å²) in [5, 5.41) is 5.08. The van der Waals surface area contributed by atoms with Crippen LogP contribution in [0.1, 0.15) is 27.2 Å². The fourth-order valence-electron chi connectivity index (χ4n) is 3.43. The van der Waals surface area contributed by atoms with Gasteiger partial charge in [-0.2, -0.15) is 4.39 Å². The summed E-state index contributed by atoms with van der Waals surface area (Å²) in [7, 11) is 0.811. The average Bonchev–Trinajstić information content (AvgIpc) is 2.80. The zero-order chi connectivity index (χ0) is 25.5. The predicted octanol–water partition coefficient (Wildman–Crippen LogP) is -0.192. The molecule has 194 valence electrons. The molecular formula is C19H28F2N2O11. The minimum Gasteiger partial charge on any atom is -0.465 e. The van der Waals surface area contributed by atoms with E-state index in [-0.39, 0.29) is 13.3 Å². The van der Waals surface area contributed by atoms with E-state index in [0.29, 0.717) is 6.42 Å². The van der Waals surface area contributed by atoms with Crippen molar-refractivity contribution in [3.05, 3.63) is 0 Å². The second kappa shape index (κ2) is 12.2. The van der Waals surface area contributed by atoms with Crippen LogP contribution in [0.15, 0.2) is 0 Å². The Morgan fingerprint density at radius 2 is 1.91 bits per heavy atom. The highest BCUT2D eigenvalue weighted by molar-refractivity contribution is 5.79. The maximum atomic E-state index is 15.5. The van der Waals surface area contributed by atoms with Crippen LogP contribution in [-0.2, 0) is 47.8 Å². The molecule has 2 fully saturated rings. The van der Waals surface area contributed by atoms with E-state index < -0.39 is 73.1 Å². The molecule has 2 aliphatic heterocycles. The first-order valence-electron chi connectivity index (χ1n) is 10.4. The van der Waals surface area contributed by atoms with Crippen LogP contribution >= 0.6 is 0 Å². The normalized spacial score (nSPS) is 30.2. The summed E-state index contributed by atoms with van der Waals surface area (Å²) >= 11 is 0. The Morgan fingerprint density at radius 3 is 2.50 bits per heavy atom. The average molecular weight is 498 g/mol. The summed E-state index contributed by atoms with van der Waals surface area (Å²) in [5.41, 5.74) is 0. The van der Waals surface area contributed by atoms with Gasteiger partial charge >= 0.3 is 29.9 Å². The maximum absolute atomic E-state index is 15.5. The highest BCUT2D eigenvalue weighted by Gasteiger charge is 2.66. The van der Waals surface area contributed by atoms with Gasteiger partial charge in [-0.05, 0) is 6.42 Å². The zero-order valence-corrected chi connectivity index (χ0v) is 19.0. The number of alkyl carbamates (subject to hydrolysis) is 1. The van der Waals surface area contributed by atoms with Gasteiger partial charge in [-0.25, -0.2) is 23.8 Å². The van der Waals surface area contributed by atoms with Crippen LogP contribution in [0.3, 0.4) is 0 Å². The monoisotopic (exact) mass is 498 g/mol. The van der Waals surface area contributed by atoms with Gasteiger partial charge in [0, 0.05) is 20.4 Å². The molecule has 0 radical (unpaired) electrons. The zero-order valence-electron chi connectivity index (χ0n) is 19.0. The minimum atomic E-state index is -3.70. The number of halogens is 2. The van der Waals surface area contributed by atoms with Gasteiger partial charge in [0.2, 0.25) is 6.17 Å². The number of rotatable bonds is 9. The Morgan fingerprint density at radius 1 is 1.21 bits per heavy atom. The van der Waals surface area contributed by atoms with Crippen LogP contribution in [0.4, 0.5) is 13.6 Å². The molecule has 13 nitrogen and oxygen atoms in total. The van der Waals surface area contributed by atoms with Gasteiger partial charge < -0.3 is 29.0 Å². The first kappa shape index (κ1) is 27.6. The number of fused-ring (bicyclic) bond motifs is 1. The van der Waals surface area contributed by atoms with Crippen LogP contribution in [0, 0.1) is 0 Å². The largest absolute Gasteiger partial charge is 0.465 e. The molecular weight excluding hydrogens is 470 g/mol. The highest BCUT2D eigenvalue weighted by atomic mass is 19.2. The summed E-state index contributed by atoms with van der Waals surface area (Å²) < 4.78 is 55.5. The second-order valence-corrected chi connectivity index (χ2v) is 7.42. The third-order valence-electron chi connectivity index (χ3n) is 4.90. The number of nitrogens with one attached hydrogen (secondary N) is 2. The predicted molar refractivity (Wildman–Crippen MR) is 104 cm³/mol. The molecule has 1 amide bonds. The van der Waals surface area contributed by atoms with Gasteiger partial charge in [0.15, 0.2) is 12.2 Å². The number of ether oxygens (including phenoxy) is 5. The van der Waals surface area contributed by atoms with Gasteiger partial charge in [0.1, 0.15) is 25.5 Å². The summed E-state index contributed by atoms with van der Waals surface area (Å²) in [6, 6.07) is -1.27. The Balaban J connectivity index is 2.50. The summed E-state index contributed by atoms with van der Waals surface area (Å²) in [6.07, 6.45) is -9.94. The molecule has 2 heterocycles. The molecule has 5 unspecified atom stereocenters. The van der Waals surface area contributed by atoms with E-state index in [2.05, 4.69) is 20.3 Å². The Bertz CT molecular complexity index is 758. The Kier molecular flexibility index (Phi) is 9.90. The van der Waals surface area contributed by atoms with E-state index in [4.69, 9.17) is 23.8 Å². The first-order valence-corrected chi connectivity index (χ1v) is 10.4. The van der Waals surface area contributed by atoms with Crippen molar-refractivity contribution in [2.24, 2.45) is 0 Å². The Hall–Kier alpha value is -2.62. The third-order valence-corrected chi connectivity index (χ3v) is 4.90. The molecule has 0 saturated carbocycles. The van der Waals surface area contributed by atoms with Crippen molar-refractivity contribution in [2.45, 2.75) is 69.7 Å². The summed E-state index contributed by atoms with van der Waals surface area (Å²) in [6.45, 7) is 3.14. The summed E-state index contributed by atoms with van der Waals surface area (Å²) in [5.74, 6) is -7.06. The van der Waals surface area contributed by atoms with Crippen LogP contribution in [0.2, 0.25) is 0 Å². The fraction of sp³-hybridized carbons (Fsp3) is 0.789. The van der Waals surface area contributed by atoms with E-state index in [9.17, 15) is 19.2 Å². The van der Waals surface area contributed by atoms with Crippen molar-refractivity contribution in [1.82, 2.24) is 10.6 Å². The lowest BCUT2D eigenvalue weighted by Crippen LogP contribution is -2.73. The molecule has 2 saturated heterocycles. The van der Waals surface area contributed by atoms with E-state index in [1.165, 1.54) is 0 Å². The molecule has 7 atom stereocenters. The molecule has 0 aromatic carbocycles. The number of carbonyl (C=O) groups is 4. The first-order chi connectivity index (χ1) is 16.0. The maximum Gasteiger partial charge on any atom is 0.407 e. The quantitative estimate of drug-likeness (QED) is 0.246. The van der Waals surface area contributed by atoms with Crippen molar-refractivity contribution in [3.8, 4) is 0 Å². The van der Waals surface area contributed by atoms with Gasteiger partial charge in [-0.3, -0.25) is 14.9 Å². The van der Waals surface area contributed by atoms with Gasteiger partial charge in [-0.1, -0.05) is 6.92 Å². The fourth-order valence-corrected chi connectivity index (χ4v) is 3.43. The molecule has 0 aromatic heterocycles. The number of methoxy groups -OCH3 is 1. The van der Waals surface area contributed by atoms with Crippen molar-refractivity contribution >= 4 is 24.0 Å². The number of alkyl halides is 2. The van der Waals surface area contributed by atoms with Crippen LogP contribution in [0.5, 0.6) is 0 Å². The highest BCUT2D eigenvalue weighted by Crippen LogP contribution is 2.39. The molecule has 0 bridgehead atoms. The number of carbonyl (C=O) groups excluding carboxylic acids is 4. The lowest BCUT2D eigenvalue weighted by molar-refractivity contribution is -0.409. The van der Waals surface area contributed by atoms with Crippen molar-refractivity contribution in [2.75, 3.05) is 27.0 Å². The number of amides is 1. The second-order valence-electron chi connectivity index (χ2n) is 7.42. The Labute approximate surface area is 193 Å². The van der Waals surface area contributed by atoms with Crippen LogP contribution < -0.4 is 10.6 Å². The van der Waals surface area contributed by atoms with Crippen molar-refractivity contribution in [1.29, 1.82) is 0 Å². The van der Waals surface area contributed by atoms with Crippen LogP contribution in [0.25, 0.3) is 0 Å². The van der Waals surface area contributed by atoms with E-state index in [0.717, 1.165) is 21.0 Å². The molecule has 0 aliphatic carbocycles. The molecule has 2 N–H and O–H groups in total. The van der Waals surface area contributed by atoms with Gasteiger partial charge in [0.25, 0.3) is 0 Å². The lowest BCUT2D eigenvalue weighted by atomic mass is 9.87. The molecule has 34 heavy (non-hydrogen) atoms. The number of hydrogen-bond acceptors (Lipinski definition) is 12. The molecule has 0 aromatic rings. The summed E-state index contributed by atoms with van der Waals surface area (Å²) in [4.78, 5) is 57.2. The lowest BCUT2D eigenvalue weighted by Gasteiger charge is -2.48. The third kappa shape index (κ3) is 6.49. The van der Waals surface area contributed by atoms with E-state index in [1.54, 1.807) is 6.92 Å². The molecule has 0 spiro atoms. The smallest absolute Gasteiger partial charge is 0.407 e.